The number of fused-ring (bicyclic) bond motifs is 2. The van der Waals surface area contributed by atoms with Gasteiger partial charge in [0.15, 0.2) is 17.0 Å². The molecule has 0 spiro atoms. The number of hydrogen-bond donors (Lipinski definition) is 0. The Balaban J connectivity index is 1.15. The number of rotatable bonds is 5. The maximum absolute atomic E-state index is 13.0. The summed E-state index contributed by atoms with van der Waals surface area (Å²) in [5.74, 6) is 1.91. The molecule has 3 atom stereocenters. The molecule has 1 saturated carbocycles. The third kappa shape index (κ3) is 2.99. The van der Waals surface area contributed by atoms with Gasteiger partial charge >= 0.3 is 0 Å². The molecule has 164 valence electrons. The average Bonchev–Trinajstić information content (AvgIpc) is 3.21. The van der Waals surface area contributed by atoms with Gasteiger partial charge in [0.1, 0.15) is 12.9 Å². The highest BCUT2D eigenvalue weighted by Crippen LogP contribution is 2.58. The second kappa shape index (κ2) is 6.94. The summed E-state index contributed by atoms with van der Waals surface area (Å²) in [5.41, 5.74) is 1.45. The van der Waals surface area contributed by atoms with Gasteiger partial charge in [0.05, 0.1) is 6.33 Å². The van der Waals surface area contributed by atoms with Gasteiger partial charge in [-0.15, -0.1) is 0 Å². The van der Waals surface area contributed by atoms with Gasteiger partial charge in [-0.25, -0.2) is 18.7 Å². The van der Waals surface area contributed by atoms with Crippen LogP contribution in [0.1, 0.15) is 29.6 Å². The summed E-state index contributed by atoms with van der Waals surface area (Å²) in [5, 5.41) is 4.13. The molecular weight excluding hydrogens is 420 g/mol. The van der Waals surface area contributed by atoms with Crippen molar-refractivity contribution in [1.82, 2.24) is 29.2 Å². The molecule has 0 unspecified atom stereocenters. The van der Waals surface area contributed by atoms with Crippen LogP contribution in [0.25, 0.3) is 11.2 Å². The summed E-state index contributed by atoms with van der Waals surface area (Å²) in [6.45, 7) is 1.67. The Kier molecular flexibility index (Phi) is 4.14. The predicted octanol–water partition coefficient (Wildman–Crippen LogP) is 2.35. The van der Waals surface area contributed by atoms with Gasteiger partial charge in [0.2, 0.25) is 5.89 Å². The van der Waals surface area contributed by atoms with Crippen LogP contribution in [-0.4, -0.2) is 42.3 Å². The van der Waals surface area contributed by atoms with Crippen molar-refractivity contribution in [3.63, 3.8) is 0 Å². The minimum absolute atomic E-state index is 0.0384. The maximum Gasteiger partial charge on any atom is 0.280 e. The molecular formula is C21H19F2N7O2. The van der Waals surface area contributed by atoms with E-state index in [1.54, 1.807) is 30.1 Å². The molecule has 1 aliphatic carbocycles. The van der Waals surface area contributed by atoms with E-state index < -0.39 is 6.43 Å². The molecule has 4 heterocycles. The lowest BCUT2D eigenvalue weighted by molar-refractivity contribution is 0.151. The quantitative estimate of drug-likeness (QED) is 0.471. The van der Waals surface area contributed by atoms with E-state index in [0.29, 0.717) is 34.7 Å². The Labute approximate surface area is 180 Å². The van der Waals surface area contributed by atoms with Crippen LogP contribution >= 0.6 is 0 Å². The van der Waals surface area contributed by atoms with Crippen molar-refractivity contribution in [1.29, 1.82) is 0 Å². The van der Waals surface area contributed by atoms with Crippen LogP contribution in [0.2, 0.25) is 0 Å². The zero-order valence-electron chi connectivity index (χ0n) is 17.1. The van der Waals surface area contributed by atoms with Gasteiger partial charge in [-0.2, -0.15) is 4.98 Å². The van der Waals surface area contributed by atoms with E-state index in [2.05, 4.69) is 25.0 Å². The molecule has 4 aromatic rings. The van der Waals surface area contributed by atoms with Crippen LogP contribution in [0.4, 0.5) is 14.5 Å². The van der Waals surface area contributed by atoms with Crippen molar-refractivity contribution in [3.05, 3.63) is 64.6 Å². The summed E-state index contributed by atoms with van der Waals surface area (Å²) < 4.78 is 34.4. The standard InChI is InChI=1S/C21H19F2N7O2/c1-28-9-24-20-17(28)21(31)30(10-25-20)8-15-26-19(27-32-15)16-13-6-29(7-14(13)16)12-4-2-3-11(5-12)18(22)23/h2-5,9-10,13-14,16,18H,6-8H2,1H3/t13-,14+,16+. The highest BCUT2D eigenvalue weighted by molar-refractivity contribution is 5.68. The zero-order chi connectivity index (χ0) is 22.0. The third-order valence-corrected chi connectivity index (χ3v) is 6.47. The predicted molar refractivity (Wildman–Crippen MR) is 110 cm³/mol. The first-order valence-corrected chi connectivity index (χ1v) is 10.3. The number of piperidine rings is 1. The Bertz CT molecular complexity index is 1370. The monoisotopic (exact) mass is 439 g/mol. The SMILES string of the molecule is Cn1cnc2ncn(Cc3nc([C@H]4[C@@H]5CN(c6cccc(C(F)F)c6)C[C@@H]54)no3)c(=O)c21. The van der Waals surface area contributed by atoms with Crippen molar-refractivity contribution in [3.8, 4) is 0 Å². The lowest BCUT2D eigenvalue weighted by Crippen LogP contribution is -2.24. The van der Waals surface area contributed by atoms with Crippen molar-refractivity contribution in [2.75, 3.05) is 18.0 Å². The van der Waals surface area contributed by atoms with Crippen LogP contribution < -0.4 is 10.5 Å². The van der Waals surface area contributed by atoms with Crippen molar-refractivity contribution >= 4 is 16.9 Å². The van der Waals surface area contributed by atoms with Crippen LogP contribution in [0.15, 0.2) is 46.2 Å². The molecule has 2 fully saturated rings. The molecule has 11 heteroatoms. The molecule has 0 bridgehead atoms. The number of alkyl halides is 2. The van der Waals surface area contributed by atoms with Gasteiger partial charge in [-0.1, -0.05) is 17.3 Å². The molecule has 9 nitrogen and oxygen atoms in total. The second-order valence-electron chi connectivity index (χ2n) is 8.41. The summed E-state index contributed by atoms with van der Waals surface area (Å²) in [6.07, 6.45) is 0.505. The summed E-state index contributed by atoms with van der Waals surface area (Å²) in [6, 6.07) is 6.54. The highest BCUT2D eigenvalue weighted by atomic mass is 19.3. The Morgan fingerprint density at radius 1 is 1.19 bits per heavy atom. The molecule has 1 aromatic carbocycles. The molecule has 1 saturated heterocycles. The molecule has 32 heavy (non-hydrogen) atoms. The second-order valence-corrected chi connectivity index (χ2v) is 8.41. The fourth-order valence-electron chi connectivity index (χ4n) is 4.78. The molecule has 0 amide bonds. The minimum atomic E-state index is -2.47. The average molecular weight is 439 g/mol. The number of nitrogens with zero attached hydrogens (tertiary/aromatic N) is 7. The topological polar surface area (TPSA) is 94.9 Å². The van der Waals surface area contributed by atoms with Crippen LogP contribution in [-0.2, 0) is 13.6 Å². The third-order valence-electron chi connectivity index (χ3n) is 6.47. The number of imidazole rings is 1. The van der Waals surface area contributed by atoms with E-state index in [4.69, 9.17) is 4.52 Å². The number of aryl methyl sites for hydroxylation is 1. The highest BCUT2D eigenvalue weighted by Gasteiger charge is 2.58. The first kappa shape index (κ1) is 19.1. The van der Waals surface area contributed by atoms with Gasteiger partial charge in [-0.05, 0) is 24.0 Å². The van der Waals surface area contributed by atoms with E-state index >= 15 is 0 Å². The van der Waals surface area contributed by atoms with Crippen molar-refractivity contribution < 1.29 is 13.3 Å². The maximum atomic E-state index is 13.0. The zero-order valence-corrected chi connectivity index (χ0v) is 17.1. The Hall–Kier alpha value is -3.63. The van der Waals surface area contributed by atoms with Gasteiger partial charge in [0, 0.05) is 37.3 Å². The summed E-state index contributed by atoms with van der Waals surface area (Å²) >= 11 is 0. The molecule has 3 aromatic heterocycles. The first-order chi connectivity index (χ1) is 15.5. The van der Waals surface area contributed by atoms with Crippen LogP contribution in [0.5, 0.6) is 0 Å². The lowest BCUT2D eigenvalue weighted by Gasteiger charge is -2.22. The number of hydrogen-bond acceptors (Lipinski definition) is 7. The molecule has 0 N–H and O–H groups in total. The molecule has 6 rings (SSSR count). The summed E-state index contributed by atoms with van der Waals surface area (Å²) in [4.78, 5) is 27.6. The van der Waals surface area contributed by atoms with Gasteiger partial charge < -0.3 is 14.0 Å². The van der Waals surface area contributed by atoms with E-state index in [1.165, 1.54) is 17.0 Å². The van der Waals surface area contributed by atoms with E-state index in [1.807, 2.05) is 6.07 Å². The number of anilines is 1. The smallest absolute Gasteiger partial charge is 0.280 e. The molecule has 1 aliphatic heterocycles. The van der Waals surface area contributed by atoms with Gasteiger partial charge in [-0.3, -0.25) is 9.36 Å². The largest absolute Gasteiger partial charge is 0.371 e. The Morgan fingerprint density at radius 2 is 1.97 bits per heavy atom. The fourth-order valence-corrected chi connectivity index (χ4v) is 4.78. The van der Waals surface area contributed by atoms with Crippen molar-refractivity contribution in [2.45, 2.75) is 18.9 Å². The number of halogens is 2. The van der Waals surface area contributed by atoms with Crippen LogP contribution in [0, 0.1) is 11.8 Å². The fraction of sp³-hybridized carbons (Fsp3) is 0.381. The minimum Gasteiger partial charge on any atom is -0.371 e. The first-order valence-electron chi connectivity index (χ1n) is 10.3. The van der Waals surface area contributed by atoms with E-state index in [0.717, 1.165) is 18.8 Å². The van der Waals surface area contributed by atoms with Crippen molar-refractivity contribution in [2.24, 2.45) is 18.9 Å². The molecule has 0 radical (unpaired) electrons. The van der Waals surface area contributed by atoms with Crippen LogP contribution in [0.3, 0.4) is 0 Å². The van der Waals surface area contributed by atoms with E-state index in [9.17, 15) is 13.6 Å². The number of benzene rings is 1. The summed E-state index contributed by atoms with van der Waals surface area (Å²) in [7, 11) is 1.74. The number of aromatic nitrogens is 6. The van der Waals surface area contributed by atoms with Gasteiger partial charge in [0.25, 0.3) is 12.0 Å². The lowest BCUT2D eigenvalue weighted by atomic mass is 10.1. The molecule has 2 aliphatic rings. The van der Waals surface area contributed by atoms with E-state index in [-0.39, 0.29) is 23.6 Å². The Morgan fingerprint density at radius 3 is 2.75 bits per heavy atom. The normalized spacial score (nSPS) is 22.1.